The van der Waals surface area contributed by atoms with E-state index in [0.717, 1.165) is 16.6 Å². The van der Waals surface area contributed by atoms with E-state index in [1.165, 1.54) is 0 Å². The SMILES string of the molecule is CC(CCl)C(=O)Nc1ccc2[nH]ccc2c1. The largest absolute Gasteiger partial charge is 0.361 e. The van der Waals surface area contributed by atoms with E-state index in [9.17, 15) is 4.79 Å². The van der Waals surface area contributed by atoms with E-state index in [1.54, 1.807) is 6.92 Å². The first-order valence-electron chi connectivity index (χ1n) is 5.14. The highest BCUT2D eigenvalue weighted by Gasteiger charge is 2.11. The van der Waals surface area contributed by atoms with Crippen LogP contribution in [-0.2, 0) is 4.79 Å². The van der Waals surface area contributed by atoms with Gasteiger partial charge in [-0.25, -0.2) is 0 Å². The molecule has 3 nitrogen and oxygen atoms in total. The number of rotatable bonds is 3. The fourth-order valence-corrected chi connectivity index (χ4v) is 1.61. The highest BCUT2D eigenvalue weighted by Crippen LogP contribution is 2.18. The van der Waals surface area contributed by atoms with Crippen LogP contribution in [0.1, 0.15) is 6.92 Å². The van der Waals surface area contributed by atoms with E-state index in [2.05, 4.69) is 10.3 Å². The molecule has 2 N–H and O–H groups in total. The summed E-state index contributed by atoms with van der Waals surface area (Å²) in [5.41, 5.74) is 1.86. The van der Waals surface area contributed by atoms with Gasteiger partial charge in [-0.05, 0) is 24.3 Å². The molecule has 0 saturated carbocycles. The van der Waals surface area contributed by atoms with E-state index >= 15 is 0 Å². The highest BCUT2D eigenvalue weighted by molar-refractivity contribution is 6.19. The summed E-state index contributed by atoms with van der Waals surface area (Å²) in [7, 11) is 0. The van der Waals surface area contributed by atoms with Crippen molar-refractivity contribution in [2.75, 3.05) is 11.2 Å². The molecule has 2 aromatic rings. The molecule has 0 aliphatic rings. The second-order valence-corrected chi connectivity index (χ2v) is 4.13. The molecule has 16 heavy (non-hydrogen) atoms. The van der Waals surface area contributed by atoms with Crippen molar-refractivity contribution in [3.05, 3.63) is 30.5 Å². The Labute approximate surface area is 98.8 Å². The number of nitrogens with one attached hydrogen (secondary N) is 2. The molecule has 0 aliphatic heterocycles. The zero-order valence-corrected chi connectivity index (χ0v) is 9.71. The summed E-state index contributed by atoms with van der Waals surface area (Å²) in [4.78, 5) is 14.7. The number of hydrogen-bond acceptors (Lipinski definition) is 1. The minimum absolute atomic E-state index is 0.0510. The minimum atomic E-state index is -0.177. The molecule has 1 atom stereocenters. The van der Waals surface area contributed by atoms with Crippen molar-refractivity contribution in [1.29, 1.82) is 0 Å². The van der Waals surface area contributed by atoms with Crippen molar-refractivity contribution >= 4 is 34.1 Å². The van der Waals surface area contributed by atoms with Gasteiger partial charge in [0.15, 0.2) is 0 Å². The number of halogens is 1. The lowest BCUT2D eigenvalue weighted by atomic mass is 10.2. The molecule has 0 spiro atoms. The van der Waals surface area contributed by atoms with Crippen LogP contribution in [0.4, 0.5) is 5.69 Å². The van der Waals surface area contributed by atoms with Gasteiger partial charge in [0, 0.05) is 34.6 Å². The second-order valence-electron chi connectivity index (χ2n) is 3.82. The van der Waals surface area contributed by atoms with Crippen LogP contribution in [0.2, 0.25) is 0 Å². The highest BCUT2D eigenvalue weighted by atomic mass is 35.5. The Kier molecular flexibility index (Phi) is 3.15. The number of anilines is 1. The number of benzene rings is 1. The quantitative estimate of drug-likeness (QED) is 0.791. The number of aromatic amines is 1. The third kappa shape index (κ3) is 2.19. The fourth-order valence-electron chi connectivity index (χ4n) is 1.47. The van der Waals surface area contributed by atoms with Crippen molar-refractivity contribution in [1.82, 2.24) is 4.98 Å². The molecule has 84 valence electrons. The molecule has 0 fully saturated rings. The predicted octanol–water partition coefficient (Wildman–Crippen LogP) is 2.98. The van der Waals surface area contributed by atoms with Gasteiger partial charge in [-0.15, -0.1) is 11.6 Å². The topological polar surface area (TPSA) is 44.9 Å². The van der Waals surface area contributed by atoms with E-state index in [4.69, 9.17) is 11.6 Å². The Morgan fingerprint density at radius 3 is 3.06 bits per heavy atom. The first-order chi connectivity index (χ1) is 7.70. The van der Waals surface area contributed by atoms with Gasteiger partial charge in [-0.3, -0.25) is 4.79 Å². The maximum Gasteiger partial charge on any atom is 0.228 e. The summed E-state index contributed by atoms with van der Waals surface area (Å²) in [6, 6.07) is 7.72. The minimum Gasteiger partial charge on any atom is -0.361 e. The van der Waals surface area contributed by atoms with Crippen LogP contribution < -0.4 is 5.32 Å². The number of fused-ring (bicyclic) bond motifs is 1. The van der Waals surface area contributed by atoms with Crippen molar-refractivity contribution in [2.45, 2.75) is 6.92 Å². The normalized spacial score (nSPS) is 12.6. The van der Waals surface area contributed by atoms with Gasteiger partial charge >= 0.3 is 0 Å². The Hall–Kier alpha value is -1.48. The molecule has 1 aromatic carbocycles. The Balaban J connectivity index is 2.17. The molecule has 2 rings (SSSR count). The Morgan fingerprint density at radius 1 is 1.50 bits per heavy atom. The molecule has 1 unspecified atom stereocenters. The first-order valence-corrected chi connectivity index (χ1v) is 5.68. The summed E-state index contributed by atoms with van der Waals surface area (Å²) >= 11 is 5.62. The van der Waals surface area contributed by atoms with Crippen LogP contribution >= 0.6 is 11.6 Å². The van der Waals surface area contributed by atoms with E-state index in [1.807, 2.05) is 30.5 Å². The summed E-state index contributed by atoms with van der Waals surface area (Å²) in [6.45, 7) is 1.80. The Bertz CT molecular complexity index is 506. The van der Waals surface area contributed by atoms with Crippen LogP contribution in [0.5, 0.6) is 0 Å². The van der Waals surface area contributed by atoms with Crippen molar-refractivity contribution in [3.8, 4) is 0 Å². The second kappa shape index (κ2) is 4.58. The summed E-state index contributed by atoms with van der Waals surface area (Å²) in [6.07, 6.45) is 1.87. The summed E-state index contributed by atoms with van der Waals surface area (Å²) in [5.74, 6) is 0.103. The van der Waals surface area contributed by atoms with Crippen LogP contribution in [0, 0.1) is 5.92 Å². The molecule has 0 aliphatic carbocycles. The van der Waals surface area contributed by atoms with E-state index in [-0.39, 0.29) is 11.8 Å². The van der Waals surface area contributed by atoms with Gasteiger partial charge in [0.2, 0.25) is 5.91 Å². The number of alkyl halides is 1. The maximum atomic E-state index is 11.6. The van der Waals surface area contributed by atoms with Gasteiger partial charge in [-0.1, -0.05) is 6.92 Å². The van der Waals surface area contributed by atoms with E-state index < -0.39 is 0 Å². The molecule has 1 amide bonds. The maximum absolute atomic E-state index is 11.6. The van der Waals surface area contributed by atoms with Gasteiger partial charge in [0.1, 0.15) is 0 Å². The lowest BCUT2D eigenvalue weighted by molar-refractivity contribution is -0.118. The molecule has 0 saturated heterocycles. The monoisotopic (exact) mass is 236 g/mol. The molecule has 4 heteroatoms. The molecule has 1 heterocycles. The van der Waals surface area contributed by atoms with E-state index in [0.29, 0.717) is 5.88 Å². The fraction of sp³-hybridized carbons (Fsp3) is 0.250. The zero-order chi connectivity index (χ0) is 11.5. The molecule has 0 radical (unpaired) electrons. The average molecular weight is 237 g/mol. The Morgan fingerprint density at radius 2 is 2.31 bits per heavy atom. The molecular formula is C12H13ClN2O. The number of H-pyrrole nitrogens is 1. The van der Waals surface area contributed by atoms with Crippen LogP contribution in [0.15, 0.2) is 30.5 Å². The third-order valence-electron chi connectivity index (χ3n) is 2.50. The first kappa shape index (κ1) is 11.0. The van der Waals surface area contributed by atoms with Gasteiger partial charge in [0.05, 0.1) is 0 Å². The zero-order valence-electron chi connectivity index (χ0n) is 8.96. The number of aromatic nitrogens is 1. The standard InChI is InChI=1S/C12H13ClN2O/c1-8(7-13)12(16)15-10-2-3-11-9(6-10)4-5-14-11/h2-6,8,14H,7H2,1H3,(H,15,16). The number of carbonyl (C=O) groups excluding carboxylic acids is 1. The van der Waals surface area contributed by atoms with Gasteiger partial charge in [-0.2, -0.15) is 0 Å². The van der Waals surface area contributed by atoms with Crippen molar-refractivity contribution < 1.29 is 4.79 Å². The summed E-state index contributed by atoms with van der Waals surface area (Å²) < 4.78 is 0. The smallest absolute Gasteiger partial charge is 0.228 e. The number of carbonyl (C=O) groups is 1. The van der Waals surface area contributed by atoms with Crippen molar-refractivity contribution in [2.24, 2.45) is 5.92 Å². The van der Waals surface area contributed by atoms with Crippen molar-refractivity contribution in [3.63, 3.8) is 0 Å². The predicted molar refractivity (Wildman–Crippen MR) is 66.8 cm³/mol. The average Bonchev–Trinajstić information content (AvgIpc) is 2.75. The number of hydrogen-bond donors (Lipinski definition) is 2. The third-order valence-corrected chi connectivity index (χ3v) is 2.96. The molecular weight excluding hydrogens is 224 g/mol. The van der Waals surface area contributed by atoms with Crippen LogP contribution in [0.3, 0.4) is 0 Å². The van der Waals surface area contributed by atoms with Gasteiger partial charge < -0.3 is 10.3 Å². The number of amides is 1. The molecule has 0 bridgehead atoms. The summed E-state index contributed by atoms with van der Waals surface area (Å²) in [5, 5.41) is 3.92. The van der Waals surface area contributed by atoms with Crippen LogP contribution in [0.25, 0.3) is 10.9 Å². The lowest BCUT2D eigenvalue weighted by Gasteiger charge is -2.09. The van der Waals surface area contributed by atoms with Gasteiger partial charge in [0.25, 0.3) is 0 Å². The van der Waals surface area contributed by atoms with Crippen LogP contribution in [-0.4, -0.2) is 16.8 Å². The lowest BCUT2D eigenvalue weighted by Crippen LogP contribution is -2.21. The molecule has 1 aromatic heterocycles.